The number of benzene rings is 1. The van der Waals surface area contributed by atoms with Gasteiger partial charge in [0.2, 0.25) is 0 Å². The van der Waals surface area contributed by atoms with Crippen LogP contribution in [0.15, 0.2) is 18.2 Å². The molecule has 2 atom stereocenters. The summed E-state index contributed by atoms with van der Waals surface area (Å²) in [6, 6.07) is 6.84. The molecule has 0 bridgehead atoms. The smallest absolute Gasteiger partial charge is 0.306 e. The molecular formula is C13H12ClNO3. The molecule has 1 aromatic carbocycles. The molecule has 1 fully saturated rings. The van der Waals surface area contributed by atoms with Crippen molar-refractivity contribution in [2.45, 2.75) is 25.4 Å². The average molecular weight is 266 g/mol. The van der Waals surface area contributed by atoms with E-state index in [0.29, 0.717) is 29.2 Å². The van der Waals surface area contributed by atoms with Crippen molar-refractivity contribution in [3.63, 3.8) is 0 Å². The zero-order valence-corrected chi connectivity index (χ0v) is 10.4. The number of rotatable bonds is 3. The molecular weight excluding hydrogens is 254 g/mol. The first-order chi connectivity index (χ1) is 8.60. The lowest BCUT2D eigenvalue weighted by atomic mass is 10.1. The van der Waals surface area contributed by atoms with E-state index in [1.807, 2.05) is 6.07 Å². The van der Waals surface area contributed by atoms with Crippen molar-refractivity contribution in [2.24, 2.45) is 5.92 Å². The van der Waals surface area contributed by atoms with Crippen LogP contribution in [-0.2, 0) is 4.79 Å². The van der Waals surface area contributed by atoms with Crippen LogP contribution in [0, 0.1) is 17.2 Å². The number of hydrogen-bond donors (Lipinski definition) is 1. The Balaban J connectivity index is 2.01. The Bertz CT molecular complexity index is 509. The molecule has 1 aliphatic rings. The Labute approximate surface area is 110 Å². The highest BCUT2D eigenvalue weighted by Crippen LogP contribution is 2.30. The highest BCUT2D eigenvalue weighted by molar-refractivity contribution is 6.31. The van der Waals surface area contributed by atoms with Gasteiger partial charge in [-0.2, -0.15) is 5.26 Å². The topological polar surface area (TPSA) is 70.3 Å². The van der Waals surface area contributed by atoms with Gasteiger partial charge in [0, 0.05) is 6.07 Å². The predicted molar refractivity (Wildman–Crippen MR) is 65.6 cm³/mol. The summed E-state index contributed by atoms with van der Waals surface area (Å²) in [5.74, 6) is -0.502. The molecule has 0 aromatic heterocycles. The molecule has 2 rings (SSSR count). The standard InChI is InChI=1S/C13H12ClNO3/c14-12-6-11(4-2-9(12)7-15)18-10-3-1-8(5-10)13(16)17/h2,4,6,8,10H,1,3,5H2,(H,16,17). The van der Waals surface area contributed by atoms with Gasteiger partial charge in [-0.3, -0.25) is 4.79 Å². The van der Waals surface area contributed by atoms with E-state index in [0.717, 1.165) is 6.42 Å². The van der Waals surface area contributed by atoms with Gasteiger partial charge in [-0.1, -0.05) is 11.6 Å². The third-order valence-electron chi connectivity index (χ3n) is 3.10. The Morgan fingerprint density at radius 3 is 2.83 bits per heavy atom. The maximum Gasteiger partial charge on any atom is 0.306 e. The summed E-state index contributed by atoms with van der Waals surface area (Å²) in [5, 5.41) is 18.0. The predicted octanol–water partition coefficient (Wildman–Crippen LogP) is 2.84. The van der Waals surface area contributed by atoms with E-state index in [1.165, 1.54) is 0 Å². The van der Waals surface area contributed by atoms with Crippen LogP contribution < -0.4 is 4.74 Å². The summed E-state index contributed by atoms with van der Waals surface area (Å²) in [5.41, 5.74) is 0.402. The Morgan fingerprint density at radius 2 is 2.28 bits per heavy atom. The Kier molecular flexibility index (Phi) is 3.73. The first kappa shape index (κ1) is 12.7. The third-order valence-corrected chi connectivity index (χ3v) is 3.41. The van der Waals surface area contributed by atoms with Crippen molar-refractivity contribution >= 4 is 17.6 Å². The molecule has 4 nitrogen and oxygen atoms in total. The normalized spacial score (nSPS) is 22.4. The van der Waals surface area contributed by atoms with Gasteiger partial charge in [-0.15, -0.1) is 0 Å². The molecule has 94 valence electrons. The minimum absolute atomic E-state index is 0.0879. The number of aliphatic carboxylic acids is 1. The lowest BCUT2D eigenvalue weighted by Crippen LogP contribution is -2.15. The second kappa shape index (κ2) is 5.28. The molecule has 0 radical (unpaired) electrons. The molecule has 2 unspecified atom stereocenters. The molecule has 1 N–H and O–H groups in total. The number of ether oxygens (including phenoxy) is 1. The van der Waals surface area contributed by atoms with Crippen molar-refractivity contribution < 1.29 is 14.6 Å². The third kappa shape index (κ3) is 2.74. The van der Waals surface area contributed by atoms with Crippen LogP contribution in [0.4, 0.5) is 0 Å². The molecule has 1 aromatic rings. The fraction of sp³-hybridized carbons (Fsp3) is 0.385. The molecule has 0 spiro atoms. The number of halogens is 1. The van der Waals surface area contributed by atoms with E-state index in [-0.39, 0.29) is 12.0 Å². The van der Waals surface area contributed by atoms with Crippen LogP contribution in [0.1, 0.15) is 24.8 Å². The van der Waals surface area contributed by atoms with Crippen LogP contribution in [0.5, 0.6) is 5.75 Å². The second-order valence-corrected chi connectivity index (χ2v) is 4.75. The van der Waals surface area contributed by atoms with Gasteiger partial charge >= 0.3 is 5.97 Å². The Morgan fingerprint density at radius 1 is 1.50 bits per heavy atom. The average Bonchev–Trinajstić information content (AvgIpc) is 2.78. The van der Waals surface area contributed by atoms with Crippen molar-refractivity contribution in [3.8, 4) is 11.8 Å². The van der Waals surface area contributed by atoms with Gasteiger partial charge in [0.15, 0.2) is 0 Å². The molecule has 0 amide bonds. The number of nitrogens with zero attached hydrogens (tertiary/aromatic N) is 1. The second-order valence-electron chi connectivity index (χ2n) is 4.34. The molecule has 0 heterocycles. The largest absolute Gasteiger partial charge is 0.490 e. The van der Waals surface area contributed by atoms with Crippen LogP contribution in [-0.4, -0.2) is 17.2 Å². The van der Waals surface area contributed by atoms with Gasteiger partial charge in [0.1, 0.15) is 11.8 Å². The lowest BCUT2D eigenvalue weighted by Gasteiger charge is -2.13. The molecule has 5 heteroatoms. The fourth-order valence-corrected chi connectivity index (χ4v) is 2.34. The minimum atomic E-state index is -0.765. The minimum Gasteiger partial charge on any atom is -0.490 e. The summed E-state index contributed by atoms with van der Waals surface area (Å²) in [7, 11) is 0. The van der Waals surface area contributed by atoms with Crippen LogP contribution in [0.25, 0.3) is 0 Å². The number of carboxylic acids is 1. The van der Waals surface area contributed by atoms with Crippen LogP contribution >= 0.6 is 11.6 Å². The summed E-state index contributed by atoms with van der Waals surface area (Å²) in [6.07, 6.45) is 1.81. The first-order valence-corrected chi connectivity index (χ1v) is 6.07. The number of nitriles is 1. The highest BCUT2D eigenvalue weighted by Gasteiger charge is 2.30. The van der Waals surface area contributed by atoms with Crippen LogP contribution in [0.3, 0.4) is 0 Å². The monoisotopic (exact) mass is 265 g/mol. The Hall–Kier alpha value is -1.73. The lowest BCUT2D eigenvalue weighted by molar-refractivity contribution is -0.141. The number of hydrogen-bond acceptors (Lipinski definition) is 3. The zero-order chi connectivity index (χ0) is 13.1. The van der Waals surface area contributed by atoms with Gasteiger partial charge in [0.05, 0.1) is 22.6 Å². The molecule has 1 saturated carbocycles. The molecule has 1 aliphatic carbocycles. The van der Waals surface area contributed by atoms with E-state index in [9.17, 15) is 4.79 Å². The van der Waals surface area contributed by atoms with Crippen molar-refractivity contribution in [1.29, 1.82) is 5.26 Å². The van der Waals surface area contributed by atoms with Gasteiger partial charge < -0.3 is 9.84 Å². The zero-order valence-electron chi connectivity index (χ0n) is 9.60. The van der Waals surface area contributed by atoms with Gasteiger partial charge in [-0.25, -0.2) is 0 Å². The summed E-state index contributed by atoms with van der Waals surface area (Å²) >= 11 is 5.90. The van der Waals surface area contributed by atoms with E-state index in [1.54, 1.807) is 18.2 Å². The maximum atomic E-state index is 10.8. The highest BCUT2D eigenvalue weighted by atomic mass is 35.5. The van der Waals surface area contributed by atoms with Gasteiger partial charge in [0.25, 0.3) is 0 Å². The number of carbonyl (C=O) groups is 1. The molecule has 0 aliphatic heterocycles. The van der Waals surface area contributed by atoms with E-state index in [2.05, 4.69) is 0 Å². The van der Waals surface area contributed by atoms with Gasteiger partial charge in [-0.05, 0) is 31.4 Å². The SMILES string of the molecule is N#Cc1ccc(OC2CCC(C(=O)O)C2)cc1Cl. The molecule has 18 heavy (non-hydrogen) atoms. The summed E-state index contributed by atoms with van der Waals surface area (Å²) in [6.45, 7) is 0. The van der Waals surface area contributed by atoms with E-state index >= 15 is 0 Å². The molecule has 0 saturated heterocycles. The summed E-state index contributed by atoms with van der Waals surface area (Å²) in [4.78, 5) is 10.8. The van der Waals surface area contributed by atoms with E-state index < -0.39 is 5.97 Å². The quantitative estimate of drug-likeness (QED) is 0.912. The maximum absolute atomic E-state index is 10.8. The van der Waals surface area contributed by atoms with Crippen molar-refractivity contribution in [2.75, 3.05) is 0 Å². The first-order valence-electron chi connectivity index (χ1n) is 5.69. The van der Waals surface area contributed by atoms with E-state index in [4.69, 9.17) is 26.7 Å². The number of carboxylic acid groups (broad SMARTS) is 1. The van der Waals surface area contributed by atoms with Crippen molar-refractivity contribution in [3.05, 3.63) is 28.8 Å². The summed E-state index contributed by atoms with van der Waals surface area (Å²) < 4.78 is 5.68. The van der Waals surface area contributed by atoms with Crippen molar-refractivity contribution in [1.82, 2.24) is 0 Å². The fourth-order valence-electron chi connectivity index (χ4n) is 2.12. The van der Waals surface area contributed by atoms with Crippen LogP contribution in [0.2, 0.25) is 5.02 Å².